The van der Waals surface area contributed by atoms with Crippen LogP contribution in [-0.4, -0.2) is 17.6 Å². The van der Waals surface area contributed by atoms with Gasteiger partial charge in [0.25, 0.3) is 0 Å². The standard InChI is InChI=1S/C8H10N2O2S/c1-2-12-8(11)6-3-7(13-9)5-10-4-6/h3-5H,2,9H2,1H3. The quantitative estimate of drug-likeness (QED) is 0.584. The molecule has 0 spiro atoms. The van der Waals surface area contributed by atoms with E-state index in [9.17, 15) is 4.79 Å². The molecular weight excluding hydrogens is 188 g/mol. The first-order chi connectivity index (χ1) is 6.27. The Bertz CT molecular complexity index is 304. The molecule has 5 heteroatoms. The molecule has 2 N–H and O–H groups in total. The van der Waals surface area contributed by atoms with Crippen LogP contribution in [0.3, 0.4) is 0 Å². The lowest BCUT2D eigenvalue weighted by Gasteiger charge is -2.01. The Morgan fingerprint density at radius 2 is 2.46 bits per heavy atom. The van der Waals surface area contributed by atoms with Crippen LogP contribution in [0.4, 0.5) is 0 Å². The maximum absolute atomic E-state index is 11.2. The molecule has 70 valence electrons. The summed E-state index contributed by atoms with van der Waals surface area (Å²) in [5.74, 6) is -0.370. The van der Waals surface area contributed by atoms with Gasteiger partial charge < -0.3 is 4.74 Å². The van der Waals surface area contributed by atoms with Gasteiger partial charge in [0.2, 0.25) is 0 Å². The van der Waals surface area contributed by atoms with Gasteiger partial charge >= 0.3 is 5.97 Å². The van der Waals surface area contributed by atoms with Gasteiger partial charge in [-0.05, 0) is 24.9 Å². The van der Waals surface area contributed by atoms with Gasteiger partial charge in [-0.2, -0.15) is 0 Å². The average molecular weight is 198 g/mol. The van der Waals surface area contributed by atoms with E-state index in [1.807, 2.05) is 0 Å². The van der Waals surface area contributed by atoms with E-state index in [4.69, 9.17) is 9.88 Å². The van der Waals surface area contributed by atoms with Gasteiger partial charge in [0.15, 0.2) is 0 Å². The second kappa shape index (κ2) is 4.84. The monoisotopic (exact) mass is 198 g/mol. The summed E-state index contributed by atoms with van der Waals surface area (Å²) < 4.78 is 4.80. The van der Waals surface area contributed by atoms with Gasteiger partial charge in [-0.3, -0.25) is 10.1 Å². The molecule has 1 rings (SSSR count). The minimum Gasteiger partial charge on any atom is -0.462 e. The van der Waals surface area contributed by atoms with Crippen LogP contribution < -0.4 is 5.14 Å². The highest BCUT2D eigenvalue weighted by Crippen LogP contribution is 2.12. The predicted octanol–water partition coefficient (Wildman–Crippen LogP) is 1.22. The molecule has 0 amide bonds. The van der Waals surface area contributed by atoms with E-state index in [0.717, 1.165) is 16.8 Å². The van der Waals surface area contributed by atoms with E-state index in [-0.39, 0.29) is 5.97 Å². The fraction of sp³-hybridized carbons (Fsp3) is 0.250. The molecule has 0 atom stereocenters. The molecule has 1 heterocycles. The highest BCUT2D eigenvalue weighted by atomic mass is 32.2. The molecule has 0 aliphatic rings. The normalized spacial score (nSPS) is 9.69. The molecule has 1 aromatic rings. The average Bonchev–Trinajstić information content (AvgIpc) is 2.18. The number of carbonyl (C=O) groups excluding carboxylic acids is 1. The highest BCUT2D eigenvalue weighted by molar-refractivity contribution is 7.97. The lowest BCUT2D eigenvalue weighted by atomic mass is 10.3. The van der Waals surface area contributed by atoms with Crippen molar-refractivity contribution < 1.29 is 9.53 Å². The fourth-order valence-electron chi connectivity index (χ4n) is 0.809. The van der Waals surface area contributed by atoms with Crippen molar-refractivity contribution in [1.82, 2.24) is 4.98 Å². The minimum atomic E-state index is -0.370. The topological polar surface area (TPSA) is 65.2 Å². The smallest absolute Gasteiger partial charge is 0.339 e. The summed E-state index contributed by atoms with van der Waals surface area (Å²) in [6.07, 6.45) is 3.05. The molecular formula is C8H10N2O2S. The Morgan fingerprint density at radius 3 is 3.08 bits per heavy atom. The maximum Gasteiger partial charge on any atom is 0.339 e. The number of hydrogen-bond acceptors (Lipinski definition) is 5. The third-order valence-corrected chi connectivity index (χ3v) is 1.86. The number of ether oxygens (including phenoxy) is 1. The second-order valence-corrected chi connectivity index (χ2v) is 2.95. The molecule has 0 saturated heterocycles. The zero-order valence-corrected chi connectivity index (χ0v) is 8.00. The van der Waals surface area contributed by atoms with E-state index < -0.39 is 0 Å². The van der Waals surface area contributed by atoms with Crippen LogP contribution in [0.1, 0.15) is 17.3 Å². The van der Waals surface area contributed by atoms with Crippen LogP contribution in [0.5, 0.6) is 0 Å². The summed E-state index contributed by atoms with van der Waals surface area (Å²) >= 11 is 1.05. The first-order valence-electron chi connectivity index (χ1n) is 3.76. The number of esters is 1. The molecule has 0 saturated carbocycles. The minimum absolute atomic E-state index is 0.360. The van der Waals surface area contributed by atoms with Gasteiger partial charge in [0.05, 0.1) is 12.2 Å². The maximum atomic E-state index is 11.2. The van der Waals surface area contributed by atoms with Crippen LogP contribution in [0.15, 0.2) is 23.4 Å². The van der Waals surface area contributed by atoms with E-state index in [1.54, 1.807) is 19.2 Å². The lowest BCUT2D eigenvalue weighted by Crippen LogP contribution is -2.05. The van der Waals surface area contributed by atoms with Crippen molar-refractivity contribution in [3.63, 3.8) is 0 Å². The van der Waals surface area contributed by atoms with Crippen LogP contribution in [-0.2, 0) is 4.74 Å². The molecule has 13 heavy (non-hydrogen) atoms. The van der Waals surface area contributed by atoms with Crippen molar-refractivity contribution in [3.05, 3.63) is 24.0 Å². The number of aromatic nitrogens is 1. The Balaban J connectivity index is 2.82. The first-order valence-corrected chi connectivity index (χ1v) is 4.64. The number of nitrogens with two attached hydrogens (primary N) is 1. The molecule has 0 aliphatic carbocycles. The van der Waals surface area contributed by atoms with Crippen molar-refractivity contribution >= 4 is 17.9 Å². The summed E-state index contributed by atoms with van der Waals surface area (Å²) in [7, 11) is 0. The molecule has 0 unspecified atom stereocenters. The van der Waals surface area contributed by atoms with Crippen molar-refractivity contribution in [2.24, 2.45) is 5.14 Å². The summed E-state index contributed by atoms with van der Waals surface area (Å²) in [6, 6.07) is 1.65. The van der Waals surface area contributed by atoms with Crippen LogP contribution in [0.2, 0.25) is 0 Å². The molecule has 0 fully saturated rings. The van der Waals surface area contributed by atoms with Gasteiger partial charge in [-0.25, -0.2) is 4.79 Å². The lowest BCUT2D eigenvalue weighted by molar-refractivity contribution is 0.0525. The van der Waals surface area contributed by atoms with E-state index >= 15 is 0 Å². The van der Waals surface area contributed by atoms with Gasteiger partial charge in [-0.15, -0.1) is 0 Å². The van der Waals surface area contributed by atoms with Crippen LogP contribution in [0.25, 0.3) is 0 Å². The van der Waals surface area contributed by atoms with Crippen molar-refractivity contribution in [2.75, 3.05) is 6.61 Å². The SMILES string of the molecule is CCOC(=O)c1cncc(SN)c1. The Kier molecular flexibility index (Phi) is 3.72. The van der Waals surface area contributed by atoms with Gasteiger partial charge in [0, 0.05) is 17.3 Å². The molecule has 4 nitrogen and oxygen atoms in total. The number of hydrogen-bond donors (Lipinski definition) is 1. The summed E-state index contributed by atoms with van der Waals surface area (Å²) in [6.45, 7) is 2.12. The number of nitrogens with zero attached hydrogens (tertiary/aromatic N) is 1. The zero-order valence-electron chi connectivity index (χ0n) is 7.19. The van der Waals surface area contributed by atoms with Crippen LogP contribution >= 0.6 is 11.9 Å². The Morgan fingerprint density at radius 1 is 1.69 bits per heavy atom. The van der Waals surface area contributed by atoms with E-state index in [1.165, 1.54) is 6.20 Å². The highest BCUT2D eigenvalue weighted by Gasteiger charge is 2.06. The summed E-state index contributed by atoms with van der Waals surface area (Å²) in [4.78, 5) is 15.8. The van der Waals surface area contributed by atoms with Gasteiger partial charge in [0.1, 0.15) is 0 Å². The molecule has 0 bridgehead atoms. The third-order valence-electron chi connectivity index (χ3n) is 1.36. The predicted molar refractivity (Wildman–Crippen MR) is 50.2 cm³/mol. The van der Waals surface area contributed by atoms with Crippen molar-refractivity contribution in [3.8, 4) is 0 Å². The summed E-state index contributed by atoms with van der Waals surface area (Å²) in [5.41, 5.74) is 0.428. The number of carbonyl (C=O) groups is 1. The molecule has 1 aromatic heterocycles. The molecule has 0 radical (unpaired) electrons. The third kappa shape index (κ3) is 2.71. The second-order valence-electron chi connectivity index (χ2n) is 2.25. The molecule has 0 aliphatic heterocycles. The van der Waals surface area contributed by atoms with E-state index in [0.29, 0.717) is 12.2 Å². The zero-order chi connectivity index (χ0) is 9.68. The van der Waals surface area contributed by atoms with Gasteiger partial charge in [-0.1, -0.05) is 0 Å². The Hall–Kier alpha value is -1.07. The van der Waals surface area contributed by atoms with Crippen molar-refractivity contribution in [1.29, 1.82) is 0 Å². The van der Waals surface area contributed by atoms with E-state index in [2.05, 4.69) is 4.98 Å². The van der Waals surface area contributed by atoms with Crippen molar-refractivity contribution in [2.45, 2.75) is 11.8 Å². The van der Waals surface area contributed by atoms with Crippen LogP contribution in [0, 0.1) is 0 Å². The summed E-state index contributed by atoms with van der Waals surface area (Å²) in [5, 5.41) is 5.32. The number of pyridine rings is 1. The molecule has 0 aromatic carbocycles. The number of rotatable bonds is 3. The fourth-order valence-corrected chi connectivity index (χ4v) is 1.13. The first kappa shape index (κ1) is 10.0. The Labute approximate surface area is 80.6 Å². The largest absolute Gasteiger partial charge is 0.462 e.